The second kappa shape index (κ2) is 16.8. The van der Waals surface area contributed by atoms with Crippen LogP contribution in [0, 0.1) is 0 Å². The van der Waals surface area contributed by atoms with Gasteiger partial charge >= 0.3 is 0 Å². The molecule has 0 amide bonds. The Morgan fingerprint density at radius 2 is 1.76 bits per heavy atom. The van der Waals surface area contributed by atoms with Crippen LogP contribution in [0.5, 0.6) is 0 Å². The zero-order chi connectivity index (χ0) is 30.6. The molecule has 226 valence electrons. The average Bonchev–Trinajstić information content (AvgIpc) is 3.60. The molecular weight excluding hydrogens is 601 g/mol. The largest absolute Gasteiger partial charge is 0.395 e. The minimum atomic E-state index is -1.05. The third kappa shape index (κ3) is 8.40. The average molecular weight is 637 g/mol. The van der Waals surface area contributed by atoms with Crippen molar-refractivity contribution in [2.45, 2.75) is 36.4 Å². The normalized spacial score (nSPS) is 11.7. The number of nitrogens with one attached hydrogen (secondary N) is 1. The summed E-state index contributed by atoms with van der Waals surface area (Å²) < 4.78 is 12.7. The van der Waals surface area contributed by atoms with E-state index >= 15 is 0 Å². The van der Waals surface area contributed by atoms with Crippen LogP contribution >= 0.6 is 31.6 Å². The van der Waals surface area contributed by atoms with Gasteiger partial charge in [0.15, 0.2) is 16.3 Å². The lowest BCUT2D eigenvalue weighted by Crippen LogP contribution is -2.14. The molecule has 3 heterocycles. The Morgan fingerprint density at radius 1 is 1.07 bits per heavy atom. The van der Waals surface area contributed by atoms with Crippen LogP contribution in [0.15, 0.2) is 75.6 Å². The standard InChI is InChI=1S/C24H23N5O2S.C3H9O3PS.H2O2/c1-15(2)16-8-10-18(11-9-16)32-24-26-20-21(28(24)12-13-30)27-23-25-19(14-29(23)22(20)31)17-6-4-3-5-7-17;1-5-7(8)6-3-2-4;1-2/h3-11,14-15,30H,12-13H2,1-2H3,(H,25,27);4,8H,2-3H2,1H3;1-2H/p+1. The zero-order valence-corrected chi connectivity index (χ0v) is 25.9. The van der Waals surface area contributed by atoms with Crippen LogP contribution in [0.1, 0.15) is 25.3 Å². The van der Waals surface area contributed by atoms with Gasteiger partial charge in [-0.2, -0.15) is 4.98 Å². The van der Waals surface area contributed by atoms with Gasteiger partial charge in [0.25, 0.3) is 5.56 Å². The summed E-state index contributed by atoms with van der Waals surface area (Å²) in [4.78, 5) is 26.8. The van der Waals surface area contributed by atoms with Crippen molar-refractivity contribution in [3.05, 3.63) is 76.7 Å². The van der Waals surface area contributed by atoms with Crippen molar-refractivity contribution < 1.29 is 29.8 Å². The van der Waals surface area contributed by atoms with E-state index in [1.165, 1.54) is 28.8 Å². The molecule has 6 N–H and O–H groups in total. The Labute approximate surface area is 253 Å². The van der Waals surface area contributed by atoms with Crippen LogP contribution in [0.4, 0.5) is 0 Å². The molecule has 0 aliphatic carbocycles. The maximum absolute atomic E-state index is 13.2. The van der Waals surface area contributed by atoms with E-state index in [1.54, 1.807) is 10.8 Å². The first-order valence-electron chi connectivity index (χ1n) is 12.8. The molecule has 2 aromatic carbocycles. The fourth-order valence-corrected chi connectivity index (χ4v) is 5.37. The topological polar surface area (TPSA) is 170 Å². The molecule has 0 aliphatic rings. The molecule has 15 heteroatoms. The molecule has 5 aromatic rings. The summed E-state index contributed by atoms with van der Waals surface area (Å²) in [7, 11) is 0.460. The van der Waals surface area contributed by atoms with E-state index in [9.17, 15) is 9.90 Å². The van der Waals surface area contributed by atoms with Gasteiger partial charge in [0.2, 0.25) is 13.4 Å². The molecule has 0 radical (unpaired) electrons. The second-order valence-corrected chi connectivity index (χ2v) is 12.0. The number of aromatic nitrogens is 5. The monoisotopic (exact) mass is 636 g/mol. The Morgan fingerprint density at radius 3 is 2.36 bits per heavy atom. The summed E-state index contributed by atoms with van der Waals surface area (Å²) in [6.07, 6.45) is 1.75. The number of aliphatic hydroxyl groups is 2. The van der Waals surface area contributed by atoms with Gasteiger partial charge in [0.1, 0.15) is 0 Å². The highest BCUT2D eigenvalue weighted by atomic mass is 32.7. The number of thiol groups is 1. The van der Waals surface area contributed by atoms with Gasteiger partial charge in [-0.3, -0.25) is 10.1 Å². The first-order chi connectivity index (χ1) is 20.4. The summed E-state index contributed by atoms with van der Waals surface area (Å²) in [6.45, 7) is 4.86. The molecule has 0 saturated carbocycles. The first-order valence-corrected chi connectivity index (χ1v) is 16.0. The van der Waals surface area contributed by atoms with Crippen molar-refractivity contribution in [1.82, 2.24) is 23.9 Å². The molecule has 42 heavy (non-hydrogen) atoms. The minimum absolute atomic E-state index is 0.0166. The van der Waals surface area contributed by atoms with Gasteiger partial charge < -0.3 is 28.8 Å². The molecule has 0 spiro atoms. The molecule has 0 saturated heterocycles. The fourth-order valence-electron chi connectivity index (χ4n) is 3.88. The highest BCUT2D eigenvalue weighted by Gasteiger charge is 2.19. The highest BCUT2D eigenvalue weighted by Crippen LogP contribution is 2.41. The van der Waals surface area contributed by atoms with Crippen molar-refractivity contribution in [2.24, 2.45) is 0 Å². The summed E-state index contributed by atoms with van der Waals surface area (Å²) in [6, 6.07) is 18.1. The van der Waals surface area contributed by atoms with Gasteiger partial charge in [-0.25, -0.2) is 9.38 Å². The molecule has 0 bridgehead atoms. The third-order valence-corrected chi connectivity index (χ3v) is 8.44. The number of rotatable bonds is 10. The first kappa shape index (κ1) is 33.7. The van der Waals surface area contributed by atoms with Gasteiger partial charge in [-0.15, -0.1) is 5.26 Å². The molecule has 3 aromatic heterocycles. The lowest BCUT2D eigenvalue weighted by Gasteiger charge is -2.08. The van der Waals surface area contributed by atoms with E-state index in [2.05, 4.69) is 69.8 Å². The maximum Gasteiger partial charge on any atom is 0.287 e. The molecular formula is C27H35N5O7PS2+. The summed E-state index contributed by atoms with van der Waals surface area (Å²) >= 11 is 5.33. The lowest BCUT2D eigenvalue weighted by atomic mass is 10.0. The number of benzene rings is 2. The number of imidazole rings is 2. The number of hydrogen-bond donors (Lipinski definition) is 5. The van der Waals surface area contributed by atoms with E-state index in [0.29, 0.717) is 35.7 Å². The molecule has 0 fully saturated rings. The van der Waals surface area contributed by atoms with Gasteiger partial charge in [-0.05, 0) is 29.2 Å². The minimum Gasteiger partial charge on any atom is -0.395 e. The van der Waals surface area contributed by atoms with Crippen LogP contribution in [-0.4, -0.2) is 71.6 Å². The number of aliphatic hydroxyl groups excluding tert-OH is 2. The number of aromatic amines is 1. The van der Waals surface area contributed by atoms with Crippen LogP contribution in [-0.2, 0) is 15.6 Å². The molecule has 1 unspecified atom stereocenters. The highest BCUT2D eigenvalue weighted by molar-refractivity contribution is 8.41. The van der Waals surface area contributed by atoms with E-state index in [0.717, 1.165) is 16.2 Å². The van der Waals surface area contributed by atoms with Crippen LogP contribution in [0.3, 0.4) is 0 Å². The van der Waals surface area contributed by atoms with Gasteiger partial charge in [0, 0.05) is 24.7 Å². The lowest BCUT2D eigenvalue weighted by molar-refractivity contribution is -0.176. The number of fused-ring (bicyclic) bond motifs is 2. The number of H-pyrrole nitrogens is 1. The summed E-state index contributed by atoms with van der Waals surface area (Å²) in [5.74, 6) is 0.902. The smallest absolute Gasteiger partial charge is 0.287 e. The van der Waals surface area contributed by atoms with Crippen LogP contribution in [0.2, 0.25) is 0 Å². The fraction of sp³-hybridized carbons (Fsp3) is 0.296. The van der Waals surface area contributed by atoms with E-state index in [1.807, 2.05) is 30.3 Å². The van der Waals surface area contributed by atoms with Crippen molar-refractivity contribution in [3.8, 4) is 11.3 Å². The quantitative estimate of drug-likeness (QED) is 0.0493. The summed E-state index contributed by atoms with van der Waals surface area (Å²) in [5.41, 5.74) is 3.55. The Hall–Kier alpha value is -2.78. The Balaban J connectivity index is 0.000000421. The second-order valence-electron chi connectivity index (χ2n) is 8.89. The third-order valence-electron chi connectivity index (χ3n) is 5.89. The van der Waals surface area contributed by atoms with Crippen molar-refractivity contribution in [2.75, 3.05) is 26.9 Å². The van der Waals surface area contributed by atoms with Gasteiger partial charge in [0.05, 0.1) is 25.5 Å². The van der Waals surface area contributed by atoms with Crippen LogP contribution in [0.25, 0.3) is 28.2 Å². The SMILES string of the molecule is CC(C)c1ccc(Sc2nc3c(=O)n4cc(-c5ccccc5)[nH]c4nc3n2CCO)cc1.COP(S)OCCO.O[OH2+]. The Bertz CT molecular complexity index is 1590. The van der Waals surface area contributed by atoms with Crippen molar-refractivity contribution in [1.29, 1.82) is 0 Å². The maximum atomic E-state index is 13.2. The van der Waals surface area contributed by atoms with Crippen molar-refractivity contribution >= 4 is 48.5 Å². The Kier molecular flexibility index (Phi) is 13.4. The molecule has 12 nitrogen and oxygen atoms in total. The summed E-state index contributed by atoms with van der Waals surface area (Å²) in [5, 5.41) is 29.5. The number of nitrogens with zero attached hydrogens (tertiary/aromatic N) is 4. The van der Waals surface area contributed by atoms with E-state index < -0.39 is 7.58 Å². The van der Waals surface area contributed by atoms with Crippen LogP contribution < -0.4 is 5.56 Å². The zero-order valence-electron chi connectivity index (χ0n) is 23.3. The molecule has 1 atom stereocenters. The predicted molar refractivity (Wildman–Crippen MR) is 168 cm³/mol. The van der Waals surface area contributed by atoms with E-state index in [4.69, 9.17) is 20.1 Å². The van der Waals surface area contributed by atoms with Crippen molar-refractivity contribution in [3.63, 3.8) is 0 Å². The predicted octanol–water partition coefficient (Wildman–Crippen LogP) is 4.29. The van der Waals surface area contributed by atoms with Gasteiger partial charge in [-0.1, -0.05) is 80.3 Å². The number of hydrogen-bond acceptors (Lipinski definition) is 10. The van der Waals surface area contributed by atoms with E-state index in [-0.39, 0.29) is 24.3 Å². The molecule has 5 rings (SSSR count). The molecule has 0 aliphatic heterocycles.